The van der Waals surface area contributed by atoms with Gasteiger partial charge < -0.3 is 15.5 Å². The molecule has 0 aliphatic heterocycles. The van der Waals surface area contributed by atoms with Crippen LogP contribution >= 0.6 is 0 Å². The molecule has 1 atom stereocenters. The summed E-state index contributed by atoms with van der Waals surface area (Å²) in [4.78, 5) is 11.6. The van der Waals surface area contributed by atoms with Crippen LogP contribution in [0.3, 0.4) is 0 Å². The maximum absolute atomic E-state index is 11.6. The van der Waals surface area contributed by atoms with E-state index in [1.807, 2.05) is 0 Å². The Morgan fingerprint density at radius 3 is 2.94 bits per heavy atom. The van der Waals surface area contributed by atoms with Crippen molar-refractivity contribution < 1.29 is 9.21 Å². The molecule has 1 aromatic rings. The fourth-order valence-corrected chi connectivity index (χ4v) is 1.49. The second-order valence-corrected chi connectivity index (χ2v) is 4.13. The van der Waals surface area contributed by atoms with Crippen LogP contribution in [0.2, 0.25) is 0 Å². The van der Waals surface area contributed by atoms with Crippen LogP contribution in [0, 0.1) is 12.8 Å². The zero-order valence-electron chi connectivity index (χ0n) is 9.95. The Morgan fingerprint density at radius 2 is 2.38 bits per heavy atom. The molecule has 1 amide bonds. The highest BCUT2D eigenvalue weighted by molar-refractivity contribution is 5.94. The van der Waals surface area contributed by atoms with Crippen LogP contribution in [-0.2, 0) is 0 Å². The van der Waals surface area contributed by atoms with Crippen molar-refractivity contribution in [2.45, 2.75) is 26.7 Å². The number of hydrogen-bond donors (Lipinski definition) is 2. The Balaban J connectivity index is 2.24. The summed E-state index contributed by atoms with van der Waals surface area (Å²) in [5, 5.41) is 2.87. The molecule has 1 heterocycles. The van der Waals surface area contributed by atoms with Gasteiger partial charge in [0.25, 0.3) is 5.91 Å². The molecule has 0 aromatic carbocycles. The van der Waals surface area contributed by atoms with Gasteiger partial charge in [0, 0.05) is 6.54 Å². The third-order valence-corrected chi connectivity index (χ3v) is 2.67. The molecule has 1 aromatic heterocycles. The smallest absolute Gasteiger partial charge is 0.254 e. The van der Waals surface area contributed by atoms with Gasteiger partial charge in [0.15, 0.2) is 0 Å². The van der Waals surface area contributed by atoms with Crippen molar-refractivity contribution in [1.82, 2.24) is 5.32 Å². The molecule has 0 saturated heterocycles. The fraction of sp³-hybridized carbons (Fsp3) is 0.583. The molecular weight excluding hydrogens is 204 g/mol. The van der Waals surface area contributed by atoms with Crippen LogP contribution in [0.4, 0.5) is 0 Å². The van der Waals surface area contributed by atoms with Crippen molar-refractivity contribution in [2.75, 3.05) is 13.1 Å². The van der Waals surface area contributed by atoms with Gasteiger partial charge in [-0.2, -0.15) is 0 Å². The number of carbonyl (C=O) groups excluding carboxylic acids is 1. The van der Waals surface area contributed by atoms with Gasteiger partial charge in [-0.05, 0) is 38.3 Å². The molecule has 0 aliphatic rings. The number of carbonyl (C=O) groups is 1. The van der Waals surface area contributed by atoms with Gasteiger partial charge in [0.2, 0.25) is 0 Å². The summed E-state index contributed by atoms with van der Waals surface area (Å²) in [7, 11) is 0. The fourth-order valence-electron chi connectivity index (χ4n) is 1.49. The first-order valence-electron chi connectivity index (χ1n) is 5.67. The van der Waals surface area contributed by atoms with Crippen molar-refractivity contribution in [3.63, 3.8) is 0 Å². The number of nitrogens with one attached hydrogen (secondary N) is 1. The summed E-state index contributed by atoms with van der Waals surface area (Å²) in [6.07, 6.45) is 3.53. The minimum absolute atomic E-state index is 0.0633. The van der Waals surface area contributed by atoms with E-state index in [0.717, 1.165) is 12.8 Å². The van der Waals surface area contributed by atoms with Gasteiger partial charge in [-0.3, -0.25) is 4.79 Å². The first kappa shape index (κ1) is 12.8. The lowest BCUT2D eigenvalue weighted by atomic mass is 10.1. The van der Waals surface area contributed by atoms with Gasteiger partial charge in [0.1, 0.15) is 5.76 Å². The molecule has 4 nitrogen and oxygen atoms in total. The highest BCUT2D eigenvalue weighted by Crippen LogP contribution is 2.08. The molecule has 1 unspecified atom stereocenters. The topological polar surface area (TPSA) is 68.3 Å². The van der Waals surface area contributed by atoms with E-state index in [1.165, 1.54) is 6.26 Å². The minimum Gasteiger partial charge on any atom is -0.469 e. The highest BCUT2D eigenvalue weighted by Gasteiger charge is 2.10. The lowest BCUT2D eigenvalue weighted by Gasteiger charge is -2.08. The van der Waals surface area contributed by atoms with E-state index in [0.29, 0.717) is 30.3 Å². The second-order valence-electron chi connectivity index (χ2n) is 4.13. The molecule has 4 heteroatoms. The normalized spacial score (nSPS) is 12.4. The van der Waals surface area contributed by atoms with Gasteiger partial charge in [0.05, 0.1) is 11.8 Å². The van der Waals surface area contributed by atoms with E-state index in [4.69, 9.17) is 10.2 Å². The van der Waals surface area contributed by atoms with Crippen LogP contribution in [0.1, 0.15) is 35.9 Å². The monoisotopic (exact) mass is 224 g/mol. The van der Waals surface area contributed by atoms with Crippen molar-refractivity contribution in [3.8, 4) is 0 Å². The maximum Gasteiger partial charge on any atom is 0.254 e. The number of furan rings is 1. The van der Waals surface area contributed by atoms with Gasteiger partial charge >= 0.3 is 0 Å². The molecule has 90 valence electrons. The summed E-state index contributed by atoms with van der Waals surface area (Å²) in [5.74, 6) is 1.12. The zero-order chi connectivity index (χ0) is 12.0. The number of hydrogen-bond acceptors (Lipinski definition) is 3. The Labute approximate surface area is 96.2 Å². The summed E-state index contributed by atoms with van der Waals surface area (Å²) < 4.78 is 5.07. The van der Waals surface area contributed by atoms with Gasteiger partial charge in [-0.1, -0.05) is 6.92 Å². The molecule has 16 heavy (non-hydrogen) atoms. The first-order valence-corrected chi connectivity index (χ1v) is 5.67. The van der Waals surface area contributed by atoms with E-state index < -0.39 is 0 Å². The lowest BCUT2D eigenvalue weighted by molar-refractivity contribution is 0.0951. The Bertz CT molecular complexity index is 334. The van der Waals surface area contributed by atoms with E-state index in [-0.39, 0.29) is 5.91 Å². The van der Waals surface area contributed by atoms with E-state index in [1.54, 1.807) is 13.0 Å². The SMILES string of the molecule is Cc1occc1C(=O)NCCCC(C)CN. The summed E-state index contributed by atoms with van der Waals surface area (Å²) >= 11 is 0. The van der Waals surface area contributed by atoms with Crippen LogP contribution in [0.25, 0.3) is 0 Å². The van der Waals surface area contributed by atoms with Crippen LogP contribution in [0.5, 0.6) is 0 Å². The zero-order valence-corrected chi connectivity index (χ0v) is 9.95. The number of aryl methyl sites for hydroxylation is 1. The van der Waals surface area contributed by atoms with Crippen molar-refractivity contribution >= 4 is 5.91 Å². The molecule has 0 aliphatic carbocycles. The average Bonchev–Trinajstić information content (AvgIpc) is 2.70. The van der Waals surface area contributed by atoms with Crippen molar-refractivity contribution in [3.05, 3.63) is 23.7 Å². The maximum atomic E-state index is 11.6. The summed E-state index contributed by atoms with van der Waals surface area (Å²) in [6.45, 7) is 5.29. The first-order chi connectivity index (χ1) is 7.65. The number of amides is 1. The molecule has 0 spiro atoms. The third-order valence-electron chi connectivity index (χ3n) is 2.67. The predicted molar refractivity (Wildman–Crippen MR) is 63.2 cm³/mol. The van der Waals surface area contributed by atoms with Crippen LogP contribution < -0.4 is 11.1 Å². The van der Waals surface area contributed by atoms with Crippen molar-refractivity contribution in [2.24, 2.45) is 11.7 Å². The van der Waals surface area contributed by atoms with E-state index >= 15 is 0 Å². The van der Waals surface area contributed by atoms with E-state index in [9.17, 15) is 4.79 Å². The molecule has 1 rings (SSSR count). The predicted octanol–water partition coefficient (Wildman–Crippen LogP) is 1.69. The Hall–Kier alpha value is -1.29. The van der Waals surface area contributed by atoms with Crippen molar-refractivity contribution in [1.29, 1.82) is 0 Å². The number of nitrogens with two attached hydrogens (primary N) is 1. The van der Waals surface area contributed by atoms with E-state index in [2.05, 4.69) is 12.2 Å². The minimum atomic E-state index is -0.0633. The molecule has 0 bridgehead atoms. The Morgan fingerprint density at radius 1 is 1.62 bits per heavy atom. The third kappa shape index (κ3) is 3.70. The van der Waals surface area contributed by atoms with Crippen LogP contribution in [0.15, 0.2) is 16.7 Å². The second kappa shape index (κ2) is 6.33. The molecule has 0 saturated carbocycles. The summed E-state index contributed by atoms with van der Waals surface area (Å²) in [6, 6.07) is 1.69. The molecule has 0 fully saturated rings. The molecule has 0 radical (unpaired) electrons. The molecular formula is C12H20N2O2. The average molecular weight is 224 g/mol. The quantitative estimate of drug-likeness (QED) is 0.722. The van der Waals surface area contributed by atoms with Gasteiger partial charge in [-0.15, -0.1) is 0 Å². The van der Waals surface area contributed by atoms with Crippen LogP contribution in [-0.4, -0.2) is 19.0 Å². The highest BCUT2D eigenvalue weighted by atomic mass is 16.3. The molecule has 3 N–H and O–H groups in total. The summed E-state index contributed by atoms with van der Waals surface area (Å²) in [5.41, 5.74) is 6.13. The number of rotatable bonds is 6. The largest absolute Gasteiger partial charge is 0.469 e. The van der Waals surface area contributed by atoms with Gasteiger partial charge in [-0.25, -0.2) is 0 Å². The standard InChI is InChI=1S/C12H20N2O2/c1-9(8-13)4-3-6-14-12(15)11-5-7-16-10(11)2/h5,7,9H,3-4,6,8,13H2,1-2H3,(H,14,15). The Kier molecular flexibility index (Phi) is 5.05. The lowest BCUT2D eigenvalue weighted by Crippen LogP contribution is -2.25.